The van der Waals surface area contributed by atoms with E-state index in [1.54, 1.807) is 0 Å². The third-order valence-electron chi connectivity index (χ3n) is 3.68. The van der Waals surface area contributed by atoms with Crippen molar-refractivity contribution in [3.05, 3.63) is 18.2 Å². The highest BCUT2D eigenvalue weighted by molar-refractivity contribution is 5.75. The van der Waals surface area contributed by atoms with E-state index in [0.29, 0.717) is 18.8 Å². The summed E-state index contributed by atoms with van der Waals surface area (Å²) in [5.74, 6) is 0.855. The fraction of sp³-hybridized carbons (Fsp3) is 0.600. The number of epoxide rings is 3. The maximum absolute atomic E-state index is 5.88. The number of hydrogen-bond donors (Lipinski definition) is 2. The van der Waals surface area contributed by atoms with E-state index in [1.807, 2.05) is 12.1 Å². The Labute approximate surface area is 123 Å². The van der Waals surface area contributed by atoms with Gasteiger partial charge >= 0.3 is 0 Å². The minimum Gasteiger partial charge on any atom is -0.489 e. The van der Waals surface area contributed by atoms with Crippen molar-refractivity contribution < 1.29 is 18.9 Å². The van der Waals surface area contributed by atoms with E-state index < -0.39 is 0 Å². The number of rotatable bonds is 9. The van der Waals surface area contributed by atoms with Crippen molar-refractivity contribution >= 4 is 11.4 Å². The zero-order valence-corrected chi connectivity index (χ0v) is 11.8. The summed E-state index contributed by atoms with van der Waals surface area (Å²) in [6.45, 7) is 4.71. The first kappa shape index (κ1) is 13.2. The van der Waals surface area contributed by atoms with Gasteiger partial charge in [0.25, 0.3) is 0 Å². The van der Waals surface area contributed by atoms with Crippen LogP contribution in [0.15, 0.2) is 18.2 Å². The van der Waals surface area contributed by atoms with Crippen LogP contribution >= 0.6 is 0 Å². The third-order valence-corrected chi connectivity index (χ3v) is 3.68. The molecule has 0 radical (unpaired) electrons. The summed E-state index contributed by atoms with van der Waals surface area (Å²) in [5.41, 5.74) is 2.04. The lowest BCUT2D eigenvalue weighted by atomic mass is 10.2. The van der Waals surface area contributed by atoms with Crippen LogP contribution in [0.3, 0.4) is 0 Å². The highest BCUT2D eigenvalue weighted by Gasteiger charge is 2.26. The summed E-state index contributed by atoms with van der Waals surface area (Å²) in [5, 5.41) is 6.86. The summed E-state index contributed by atoms with van der Waals surface area (Å²) < 4.78 is 21.6. The lowest BCUT2D eigenvalue weighted by molar-refractivity contribution is 0.264. The second-order valence-corrected chi connectivity index (χ2v) is 5.62. The number of benzene rings is 1. The van der Waals surface area contributed by atoms with Crippen LogP contribution in [0.1, 0.15) is 0 Å². The summed E-state index contributed by atoms with van der Waals surface area (Å²) >= 11 is 0. The molecule has 3 fully saturated rings. The zero-order chi connectivity index (χ0) is 14.1. The molecule has 0 amide bonds. The van der Waals surface area contributed by atoms with Gasteiger partial charge in [-0.1, -0.05) is 6.07 Å². The summed E-state index contributed by atoms with van der Waals surface area (Å²) in [6.07, 6.45) is 0.916. The van der Waals surface area contributed by atoms with Gasteiger partial charge in [0.1, 0.15) is 24.1 Å². The second kappa shape index (κ2) is 5.71. The molecule has 0 saturated carbocycles. The molecule has 3 atom stereocenters. The van der Waals surface area contributed by atoms with Crippen LogP contribution in [0.2, 0.25) is 0 Å². The van der Waals surface area contributed by atoms with Crippen molar-refractivity contribution in [3.63, 3.8) is 0 Å². The summed E-state index contributed by atoms with van der Waals surface area (Å²) in [4.78, 5) is 0. The standard InChI is InChI=1S/C15H20N2O4/c1-2-13(16-4-10-6-18-10)15(17-5-11-7-19-11)14(3-1)21-9-12-8-20-12/h1-3,10-12,16-17H,4-9H2. The predicted octanol–water partition coefficient (Wildman–Crippen LogP) is 1.09. The van der Waals surface area contributed by atoms with Gasteiger partial charge in [-0.25, -0.2) is 0 Å². The normalized spacial score (nSPS) is 28.9. The quantitative estimate of drug-likeness (QED) is 0.664. The molecule has 0 aromatic heterocycles. The molecule has 4 rings (SSSR count). The van der Waals surface area contributed by atoms with Gasteiger partial charge in [0.05, 0.1) is 37.7 Å². The van der Waals surface area contributed by atoms with Gasteiger partial charge in [0.2, 0.25) is 0 Å². The Hall–Kier alpha value is -1.50. The van der Waals surface area contributed by atoms with Gasteiger partial charge in [-0.05, 0) is 12.1 Å². The van der Waals surface area contributed by atoms with Crippen molar-refractivity contribution in [1.29, 1.82) is 0 Å². The molecular weight excluding hydrogens is 272 g/mol. The second-order valence-electron chi connectivity index (χ2n) is 5.62. The highest BCUT2D eigenvalue weighted by Crippen LogP contribution is 2.34. The molecule has 2 N–H and O–H groups in total. The monoisotopic (exact) mass is 292 g/mol. The number of para-hydroxylation sites is 1. The van der Waals surface area contributed by atoms with Gasteiger partial charge in [-0.3, -0.25) is 0 Å². The molecule has 3 saturated heterocycles. The SMILES string of the molecule is c1cc(NCC2CO2)c(NCC2CO2)c(OCC2CO2)c1. The van der Waals surface area contributed by atoms with Crippen LogP contribution in [0.5, 0.6) is 5.75 Å². The summed E-state index contributed by atoms with van der Waals surface area (Å²) in [7, 11) is 0. The molecule has 0 spiro atoms. The molecule has 0 aliphatic carbocycles. The Morgan fingerprint density at radius 3 is 2.29 bits per heavy atom. The number of hydrogen-bond acceptors (Lipinski definition) is 6. The Balaban J connectivity index is 1.45. The maximum Gasteiger partial charge on any atom is 0.144 e. The Morgan fingerprint density at radius 1 is 0.952 bits per heavy atom. The molecule has 3 aliphatic rings. The summed E-state index contributed by atoms with van der Waals surface area (Å²) in [6, 6.07) is 6.04. The van der Waals surface area contributed by atoms with Crippen LogP contribution in [0, 0.1) is 0 Å². The highest BCUT2D eigenvalue weighted by atomic mass is 16.6. The van der Waals surface area contributed by atoms with E-state index in [1.165, 1.54) is 0 Å². The van der Waals surface area contributed by atoms with E-state index in [0.717, 1.165) is 50.0 Å². The first-order valence-electron chi connectivity index (χ1n) is 7.47. The minimum absolute atomic E-state index is 0.251. The first-order valence-corrected chi connectivity index (χ1v) is 7.47. The van der Waals surface area contributed by atoms with Crippen LogP contribution in [0.25, 0.3) is 0 Å². The number of nitrogens with one attached hydrogen (secondary N) is 2. The van der Waals surface area contributed by atoms with Gasteiger partial charge in [-0.2, -0.15) is 0 Å². The van der Waals surface area contributed by atoms with Crippen molar-refractivity contribution in [3.8, 4) is 5.75 Å². The lowest BCUT2D eigenvalue weighted by Crippen LogP contribution is -2.15. The van der Waals surface area contributed by atoms with E-state index in [4.69, 9.17) is 18.9 Å². The van der Waals surface area contributed by atoms with Crippen LogP contribution in [0.4, 0.5) is 11.4 Å². The Bertz CT molecular complexity index is 464. The van der Waals surface area contributed by atoms with E-state index >= 15 is 0 Å². The van der Waals surface area contributed by atoms with Crippen molar-refractivity contribution in [2.75, 3.05) is 50.2 Å². The molecule has 3 unspecified atom stereocenters. The van der Waals surface area contributed by atoms with Gasteiger partial charge in [0, 0.05) is 13.1 Å². The van der Waals surface area contributed by atoms with Gasteiger partial charge in [-0.15, -0.1) is 0 Å². The molecule has 3 heterocycles. The molecule has 0 bridgehead atoms. The average molecular weight is 292 g/mol. The fourth-order valence-corrected chi connectivity index (χ4v) is 2.14. The van der Waals surface area contributed by atoms with Gasteiger partial charge < -0.3 is 29.6 Å². The number of ether oxygens (including phenoxy) is 4. The predicted molar refractivity (Wildman–Crippen MR) is 78.1 cm³/mol. The van der Waals surface area contributed by atoms with Crippen LogP contribution < -0.4 is 15.4 Å². The lowest BCUT2D eigenvalue weighted by Gasteiger charge is -2.17. The van der Waals surface area contributed by atoms with Crippen LogP contribution in [-0.4, -0.2) is 57.8 Å². The molecule has 1 aromatic rings. The fourth-order valence-electron chi connectivity index (χ4n) is 2.14. The molecular formula is C15H20N2O4. The van der Waals surface area contributed by atoms with Crippen molar-refractivity contribution in [2.24, 2.45) is 0 Å². The van der Waals surface area contributed by atoms with Crippen LogP contribution in [-0.2, 0) is 14.2 Å². The Morgan fingerprint density at radius 2 is 1.62 bits per heavy atom. The maximum atomic E-state index is 5.88. The van der Waals surface area contributed by atoms with E-state index in [-0.39, 0.29) is 6.10 Å². The van der Waals surface area contributed by atoms with Gasteiger partial charge in [0.15, 0.2) is 0 Å². The smallest absolute Gasteiger partial charge is 0.144 e. The zero-order valence-electron chi connectivity index (χ0n) is 11.8. The van der Waals surface area contributed by atoms with Crippen molar-refractivity contribution in [2.45, 2.75) is 18.3 Å². The van der Waals surface area contributed by atoms with E-state index in [9.17, 15) is 0 Å². The van der Waals surface area contributed by atoms with E-state index in [2.05, 4.69) is 16.7 Å². The average Bonchev–Trinajstić information content (AvgIpc) is 3.38. The topological polar surface area (TPSA) is 70.9 Å². The molecule has 21 heavy (non-hydrogen) atoms. The first-order chi connectivity index (χ1) is 10.4. The Kier molecular flexibility index (Phi) is 3.58. The molecule has 6 nitrogen and oxygen atoms in total. The number of anilines is 2. The third kappa shape index (κ3) is 3.78. The minimum atomic E-state index is 0.251. The molecule has 1 aromatic carbocycles. The molecule has 3 aliphatic heterocycles. The van der Waals surface area contributed by atoms with Crippen molar-refractivity contribution in [1.82, 2.24) is 0 Å². The molecule has 6 heteroatoms. The largest absolute Gasteiger partial charge is 0.489 e. The molecule has 114 valence electrons.